The highest BCUT2D eigenvalue weighted by Crippen LogP contribution is 2.37. The molecule has 4 aromatic carbocycles. The predicted molar refractivity (Wildman–Crippen MR) is 181 cm³/mol. The van der Waals surface area contributed by atoms with Gasteiger partial charge in [-0.15, -0.1) is 0 Å². The van der Waals surface area contributed by atoms with E-state index in [0.29, 0.717) is 19.6 Å². The van der Waals surface area contributed by atoms with E-state index in [1.165, 1.54) is 46.1 Å². The van der Waals surface area contributed by atoms with Crippen molar-refractivity contribution in [2.75, 3.05) is 33.9 Å². The maximum atomic E-state index is 12.1. The molecule has 45 heavy (non-hydrogen) atoms. The summed E-state index contributed by atoms with van der Waals surface area (Å²) in [7, 11) is 3.75. The molecule has 2 atom stereocenters. The van der Waals surface area contributed by atoms with Gasteiger partial charge >= 0.3 is 5.97 Å². The molecule has 0 heterocycles. The Labute approximate surface area is 269 Å². The van der Waals surface area contributed by atoms with Crippen LogP contribution in [0.3, 0.4) is 0 Å². The van der Waals surface area contributed by atoms with Crippen LogP contribution in [0.15, 0.2) is 91.0 Å². The second-order valence-electron chi connectivity index (χ2n) is 12.0. The number of likely N-dealkylation sites (N-methyl/N-ethyl adjacent to an activating group) is 1. The zero-order chi connectivity index (χ0) is 31.6. The highest BCUT2D eigenvalue weighted by molar-refractivity contribution is 5.75. The van der Waals surface area contributed by atoms with Crippen LogP contribution in [-0.2, 0) is 46.4 Å². The Kier molecular flexibility index (Phi) is 11.5. The average molecular weight is 606 g/mol. The lowest BCUT2D eigenvalue weighted by Crippen LogP contribution is -2.30. The zero-order valence-electron chi connectivity index (χ0n) is 27.3. The monoisotopic (exact) mass is 605 g/mol. The Morgan fingerprint density at radius 3 is 2.11 bits per heavy atom. The lowest BCUT2D eigenvalue weighted by Gasteiger charge is -2.31. The standard InChI is InChI=1S/C40H47NO4/c1-5-10-29-15-21-36-33(26-29)17-18-34-27-32(25-30-11-8-7-9-12-30)16-22-37(34)39(36)41(3)23-24-45-35-19-13-31(14-20-35)28-38(43-4)40(42)44-6-2/h7-9,11-16,19-22,26-27,38-39H,5-6,10,17-18,23-25,28H2,1-4H3. The maximum absolute atomic E-state index is 12.1. The van der Waals surface area contributed by atoms with E-state index in [9.17, 15) is 4.79 Å². The minimum atomic E-state index is -0.608. The number of carbonyl (C=O) groups excluding carboxylic acids is 1. The first-order valence-electron chi connectivity index (χ1n) is 16.4. The quantitative estimate of drug-likeness (QED) is 0.139. The third-order valence-corrected chi connectivity index (χ3v) is 8.79. The smallest absolute Gasteiger partial charge is 0.335 e. The summed E-state index contributed by atoms with van der Waals surface area (Å²) in [6, 6.07) is 33.1. The van der Waals surface area contributed by atoms with Crippen molar-refractivity contribution >= 4 is 5.97 Å². The van der Waals surface area contributed by atoms with Gasteiger partial charge in [0.15, 0.2) is 6.10 Å². The molecule has 5 nitrogen and oxygen atoms in total. The van der Waals surface area contributed by atoms with Crippen molar-refractivity contribution in [3.63, 3.8) is 0 Å². The minimum Gasteiger partial charge on any atom is -0.492 e. The second-order valence-corrected chi connectivity index (χ2v) is 12.0. The first-order chi connectivity index (χ1) is 22.0. The van der Waals surface area contributed by atoms with E-state index in [2.05, 4.69) is 85.6 Å². The molecule has 0 bridgehead atoms. The lowest BCUT2D eigenvalue weighted by molar-refractivity contribution is -0.154. The van der Waals surface area contributed by atoms with Gasteiger partial charge in [0.1, 0.15) is 12.4 Å². The van der Waals surface area contributed by atoms with E-state index in [-0.39, 0.29) is 12.0 Å². The number of nitrogens with zero attached hydrogens (tertiary/aromatic N) is 1. The molecule has 1 aliphatic carbocycles. The van der Waals surface area contributed by atoms with Gasteiger partial charge in [-0.2, -0.15) is 0 Å². The Hall–Kier alpha value is -3.93. The molecule has 5 heteroatoms. The number of hydrogen-bond donors (Lipinski definition) is 0. The normalized spacial score (nSPS) is 14.7. The summed E-state index contributed by atoms with van der Waals surface area (Å²) in [5.41, 5.74) is 10.9. The molecule has 0 aliphatic heterocycles. The number of fused-ring (bicyclic) bond motifs is 2. The molecule has 0 radical (unpaired) electrons. The van der Waals surface area contributed by atoms with Crippen LogP contribution < -0.4 is 4.74 Å². The molecule has 236 valence electrons. The third kappa shape index (κ3) is 8.42. The summed E-state index contributed by atoms with van der Waals surface area (Å²) in [6.45, 7) is 5.74. The average Bonchev–Trinajstić information content (AvgIpc) is 3.21. The molecule has 0 spiro atoms. The number of benzene rings is 4. The van der Waals surface area contributed by atoms with E-state index >= 15 is 0 Å². The highest BCUT2D eigenvalue weighted by Gasteiger charge is 2.27. The summed E-state index contributed by atoms with van der Waals surface area (Å²) in [4.78, 5) is 14.6. The number of hydrogen-bond acceptors (Lipinski definition) is 5. The molecule has 0 fully saturated rings. The maximum Gasteiger partial charge on any atom is 0.335 e. The van der Waals surface area contributed by atoms with Crippen molar-refractivity contribution in [3.05, 3.63) is 136 Å². The minimum absolute atomic E-state index is 0.166. The molecule has 0 saturated carbocycles. The van der Waals surface area contributed by atoms with Crippen LogP contribution in [0.2, 0.25) is 0 Å². The second kappa shape index (κ2) is 15.9. The first kappa shape index (κ1) is 32.5. The molecule has 0 N–H and O–H groups in total. The van der Waals surface area contributed by atoms with Crippen molar-refractivity contribution in [2.45, 2.75) is 64.5 Å². The summed E-state index contributed by atoms with van der Waals surface area (Å²) >= 11 is 0. The van der Waals surface area contributed by atoms with Gasteiger partial charge in [0.25, 0.3) is 0 Å². The largest absolute Gasteiger partial charge is 0.492 e. The predicted octanol–water partition coefficient (Wildman–Crippen LogP) is 7.55. The van der Waals surface area contributed by atoms with Gasteiger partial charge in [-0.05, 0) is 96.3 Å². The van der Waals surface area contributed by atoms with Gasteiger partial charge in [-0.1, -0.05) is 92.2 Å². The van der Waals surface area contributed by atoms with Gasteiger partial charge < -0.3 is 14.2 Å². The number of methoxy groups -OCH3 is 1. The fourth-order valence-corrected chi connectivity index (χ4v) is 6.45. The van der Waals surface area contributed by atoms with Crippen LogP contribution in [0.5, 0.6) is 5.75 Å². The molecule has 2 unspecified atom stereocenters. The van der Waals surface area contributed by atoms with Crippen LogP contribution in [0.4, 0.5) is 0 Å². The van der Waals surface area contributed by atoms with Crippen molar-refractivity contribution < 1.29 is 19.0 Å². The summed E-state index contributed by atoms with van der Waals surface area (Å²) in [5, 5.41) is 0. The van der Waals surface area contributed by atoms with E-state index in [0.717, 1.165) is 50.0 Å². The summed E-state index contributed by atoms with van der Waals surface area (Å²) < 4.78 is 16.7. The molecule has 0 aromatic heterocycles. The van der Waals surface area contributed by atoms with Crippen LogP contribution >= 0.6 is 0 Å². The van der Waals surface area contributed by atoms with Crippen LogP contribution in [0.1, 0.15) is 70.8 Å². The van der Waals surface area contributed by atoms with E-state index < -0.39 is 6.10 Å². The molecule has 0 amide bonds. The topological polar surface area (TPSA) is 48.0 Å². The summed E-state index contributed by atoms with van der Waals surface area (Å²) in [6.07, 6.45) is 5.18. The third-order valence-electron chi connectivity index (χ3n) is 8.79. The van der Waals surface area contributed by atoms with Gasteiger partial charge in [0, 0.05) is 20.1 Å². The Balaban J connectivity index is 1.30. The van der Waals surface area contributed by atoms with Crippen molar-refractivity contribution in [1.82, 2.24) is 4.90 Å². The molecule has 5 rings (SSSR count). The van der Waals surface area contributed by atoms with E-state index in [1.807, 2.05) is 24.3 Å². The molecule has 1 aliphatic rings. The Morgan fingerprint density at radius 2 is 1.47 bits per heavy atom. The van der Waals surface area contributed by atoms with Gasteiger partial charge in [0.05, 0.1) is 12.6 Å². The van der Waals surface area contributed by atoms with Gasteiger partial charge in [0.2, 0.25) is 0 Å². The number of rotatable bonds is 14. The number of esters is 1. The van der Waals surface area contributed by atoms with E-state index in [4.69, 9.17) is 14.2 Å². The van der Waals surface area contributed by atoms with Crippen LogP contribution in [0, 0.1) is 0 Å². The molecular weight excluding hydrogens is 558 g/mol. The number of ether oxygens (including phenoxy) is 3. The fraction of sp³-hybridized carbons (Fsp3) is 0.375. The van der Waals surface area contributed by atoms with Crippen molar-refractivity contribution in [3.8, 4) is 5.75 Å². The van der Waals surface area contributed by atoms with Gasteiger partial charge in [-0.25, -0.2) is 4.79 Å². The highest BCUT2D eigenvalue weighted by atomic mass is 16.6. The van der Waals surface area contributed by atoms with Crippen LogP contribution in [-0.4, -0.2) is 50.9 Å². The lowest BCUT2D eigenvalue weighted by atomic mass is 9.90. The molecule has 4 aromatic rings. The molecular formula is C40H47NO4. The number of aryl methyl sites for hydroxylation is 3. The Morgan fingerprint density at radius 1 is 0.822 bits per heavy atom. The van der Waals surface area contributed by atoms with Gasteiger partial charge in [-0.3, -0.25) is 4.90 Å². The van der Waals surface area contributed by atoms with E-state index in [1.54, 1.807) is 6.92 Å². The zero-order valence-corrected chi connectivity index (χ0v) is 27.3. The van der Waals surface area contributed by atoms with Crippen molar-refractivity contribution in [2.24, 2.45) is 0 Å². The SMILES string of the molecule is CCCc1ccc2c(c1)CCc1cc(Cc3ccccc3)ccc1C2N(C)CCOc1ccc(CC(OC)C(=O)OCC)cc1. The Bertz CT molecular complexity index is 1530. The number of carbonyl (C=O) groups is 1. The van der Waals surface area contributed by atoms with Crippen molar-refractivity contribution in [1.29, 1.82) is 0 Å². The summed E-state index contributed by atoms with van der Waals surface area (Å²) in [5.74, 6) is 0.479. The first-order valence-corrected chi connectivity index (χ1v) is 16.4. The fourth-order valence-electron chi connectivity index (χ4n) is 6.45. The molecule has 0 saturated heterocycles. The van der Waals surface area contributed by atoms with Crippen LogP contribution in [0.25, 0.3) is 0 Å².